The molecule has 1 aromatic heterocycles. The second kappa shape index (κ2) is 5.83. The van der Waals surface area contributed by atoms with E-state index in [-0.39, 0.29) is 11.3 Å². The van der Waals surface area contributed by atoms with Gasteiger partial charge >= 0.3 is 0 Å². The number of aromatic nitrogens is 2. The molecule has 106 valence electrons. The maximum absolute atomic E-state index is 6.25. The molecule has 4 nitrogen and oxygen atoms in total. The number of halogens is 1. The van der Waals surface area contributed by atoms with Crippen molar-refractivity contribution in [3.63, 3.8) is 0 Å². The van der Waals surface area contributed by atoms with E-state index in [9.17, 15) is 0 Å². The lowest BCUT2D eigenvalue weighted by Crippen LogP contribution is -2.15. The Kier molecular flexibility index (Phi) is 3.92. The molecule has 2 heterocycles. The highest BCUT2D eigenvalue weighted by Gasteiger charge is 2.28. The molecular weight excluding hydrogens is 276 g/mol. The lowest BCUT2D eigenvalue weighted by molar-refractivity contribution is 0.256. The van der Waals surface area contributed by atoms with Crippen LogP contribution in [0.4, 0.5) is 0 Å². The second-order valence-electron chi connectivity index (χ2n) is 4.97. The monoisotopic (exact) mass is 292 g/mol. The number of alkyl halides is 1. The maximum atomic E-state index is 6.25. The van der Waals surface area contributed by atoms with Crippen LogP contribution in [0.2, 0.25) is 0 Å². The van der Waals surface area contributed by atoms with Crippen molar-refractivity contribution in [1.82, 2.24) is 10.1 Å². The summed E-state index contributed by atoms with van der Waals surface area (Å²) in [6.45, 7) is 2.75. The first-order valence-electron chi connectivity index (χ1n) is 6.99. The fourth-order valence-electron chi connectivity index (χ4n) is 2.50. The van der Waals surface area contributed by atoms with E-state index in [1.807, 2.05) is 24.3 Å². The van der Waals surface area contributed by atoms with Crippen LogP contribution in [0.3, 0.4) is 0 Å². The predicted molar refractivity (Wildman–Crippen MR) is 76.2 cm³/mol. The first-order chi connectivity index (χ1) is 9.79. The number of para-hydroxylation sites is 1. The molecule has 2 aromatic rings. The normalized spacial score (nSPS) is 19.2. The van der Waals surface area contributed by atoms with E-state index in [4.69, 9.17) is 20.9 Å². The summed E-state index contributed by atoms with van der Waals surface area (Å²) in [6, 6.07) is 7.99. The number of hydrogen-bond acceptors (Lipinski definition) is 4. The molecule has 1 aliphatic rings. The van der Waals surface area contributed by atoms with E-state index in [0.717, 1.165) is 30.6 Å². The average molecular weight is 293 g/mol. The van der Waals surface area contributed by atoms with Crippen molar-refractivity contribution in [2.75, 3.05) is 6.61 Å². The Morgan fingerprint density at radius 2 is 2.25 bits per heavy atom. The summed E-state index contributed by atoms with van der Waals surface area (Å²) in [5.74, 6) is 2.23. The van der Waals surface area contributed by atoms with Crippen LogP contribution >= 0.6 is 11.6 Å². The molecule has 2 unspecified atom stereocenters. The quantitative estimate of drug-likeness (QED) is 0.797. The topological polar surface area (TPSA) is 48.2 Å². The number of fused-ring (bicyclic) bond motifs is 1. The van der Waals surface area contributed by atoms with Crippen molar-refractivity contribution in [2.24, 2.45) is 0 Å². The van der Waals surface area contributed by atoms with Gasteiger partial charge in [0.25, 0.3) is 0 Å². The first-order valence-corrected chi connectivity index (χ1v) is 7.42. The summed E-state index contributed by atoms with van der Waals surface area (Å²) in [4.78, 5) is 4.49. The number of hydrogen-bond donors (Lipinski definition) is 0. The van der Waals surface area contributed by atoms with Gasteiger partial charge < -0.3 is 9.26 Å². The SMILES string of the molecule is CCCC(Cl)c1noc(C2CCOc3ccccc32)n1. The molecule has 0 amide bonds. The van der Waals surface area contributed by atoms with Gasteiger partial charge in [-0.2, -0.15) is 4.98 Å². The zero-order chi connectivity index (χ0) is 13.9. The number of benzene rings is 1. The van der Waals surface area contributed by atoms with E-state index in [2.05, 4.69) is 17.1 Å². The minimum atomic E-state index is -0.174. The Labute approximate surface area is 123 Å². The molecule has 20 heavy (non-hydrogen) atoms. The first kappa shape index (κ1) is 13.4. The Hall–Kier alpha value is -1.55. The molecule has 5 heteroatoms. The van der Waals surface area contributed by atoms with Crippen molar-refractivity contribution in [1.29, 1.82) is 0 Å². The average Bonchev–Trinajstić information content (AvgIpc) is 2.97. The van der Waals surface area contributed by atoms with Gasteiger partial charge in [-0.05, 0) is 18.9 Å². The molecule has 0 fully saturated rings. The number of ether oxygens (including phenoxy) is 1. The van der Waals surface area contributed by atoms with Gasteiger partial charge in [-0.3, -0.25) is 0 Å². The summed E-state index contributed by atoms with van der Waals surface area (Å²) in [6.07, 6.45) is 2.70. The van der Waals surface area contributed by atoms with Crippen molar-refractivity contribution in [3.8, 4) is 5.75 Å². The predicted octanol–water partition coefficient (Wildman–Crippen LogP) is 4.06. The van der Waals surface area contributed by atoms with Gasteiger partial charge in [0.2, 0.25) is 5.89 Å². The van der Waals surface area contributed by atoms with Crippen LogP contribution in [0.5, 0.6) is 5.75 Å². The lowest BCUT2D eigenvalue weighted by Gasteiger charge is -2.22. The van der Waals surface area contributed by atoms with Crippen molar-refractivity contribution >= 4 is 11.6 Å². The minimum Gasteiger partial charge on any atom is -0.493 e. The Balaban J connectivity index is 1.87. The number of rotatable bonds is 4. The molecular formula is C15H17ClN2O2. The zero-order valence-electron chi connectivity index (χ0n) is 11.4. The molecule has 3 rings (SSSR count). The molecule has 1 aliphatic heterocycles. The molecule has 0 bridgehead atoms. The van der Waals surface area contributed by atoms with Crippen LogP contribution in [0.1, 0.15) is 54.8 Å². The lowest BCUT2D eigenvalue weighted by atomic mass is 9.93. The minimum absolute atomic E-state index is 0.103. The molecule has 0 radical (unpaired) electrons. The number of nitrogens with zero attached hydrogens (tertiary/aromatic N) is 2. The summed E-state index contributed by atoms with van der Waals surface area (Å²) >= 11 is 6.25. The van der Waals surface area contributed by atoms with E-state index in [1.165, 1.54) is 0 Å². The van der Waals surface area contributed by atoms with Gasteiger partial charge in [-0.1, -0.05) is 36.7 Å². The van der Waals surface area contributed by atoms with Crippen molar-refractivity contribution in [2.45, 2.75) is 37.5 Å². The van der Waals surface area contributed by atoms with E-state index in [0.29, 0.717) is 18.3 Å². The third kappa shape index (κ3) is 2.52. The molecule has 2 atom stereocenters. The highest BCUT2D eigenvalue weighted by molar-refractivity contribution is 6.20. The highest BCUT2D eigenvalue weighted by Crippen LogP contribution is 2.37. The summed E-state index contributed by atoms with van der Waals surface area (Å²) in [5.41, 5.74) is 1.11. The van der Waals surface area contributed by atoms with E-state index >= 15 is 0 Å². The molecule has 1 aromatic carbocycles. The molecule has 0 N–H and O–H groups in total. The van der Waals surface area contributed by atoms with Gasteiger partial charge in [0.1, 0.15) is 5.75 Å². The van der Waals surface area contributed by atoms with Crippen LogP contribution < -0.4 is 4.74 Å². The third-order valence-corrected chi connectivity index (χ3v) is 3.95. The van der Waals surface area contributed by atoms with Crippen LogP contribution in [-0.2, 0) is 0 Å². The van der Waals surface area contributed by atoms with Gasteiger partial charge in [0.15, 0.2) is 5.82 Å². The largest absolute Gasteiger partial charge is 0.493 e. The zero-order valence-corrected chi connectivity index (χ0v) is 12.1. The summed E-state index contributed by atoms with van der Waals surface area (Å²) in [5, 5.41) is 3.85. The maximum Gasteiger partial charge on any atom is 0.234 e. The van der Waals surface area contributed by atoms with Gasteiger partial charge in [0, 0.05) is 5.56 Å². The fourth-order valence-corrected chi connectivity index (χ4v) is 2.80. The molecule has 0 saturated carbocycles. The third-order valence-electron chi connectivity index (χ3n) is 3.54. The van der Waals surface area contributed by atoms with Crippen molar-refractivity contribution < 1.29 is 9.26 Å². The van der Waals surface area contributed by atoms with Gasteiger partial charge in [-0.25, -0.2) is 0 Å². The molecule has 0 spiro atoms. The Morgan fingerprint density at radius 3 is 3.10 bits per heavy atom. The highest BCUT2D eigenvalue weighted by atomic mass is 35.5. The summed E-state index contributed by atoms with van der Waals surface area (Å²) < 4.78 is 11.1. The van der Waals surface area contributed by atoms with Crippen LogP contribution in [0.25, 0.3) is 0 Å². The Morgan fingerprint density at radius 1 is 1.40 bits per heavy atom. The molecule has 0 aliphatic carbocycles. The van der Waals surface area contributed by atoms with Crippen LogP contribution in [-0.4, -0.2) is 16.7 Å². The van der Waals surface area contributed by atoms with Crippen LogP contribution in [0.15, 0.2) is 28.8 Å². The van der Waals surface area contributed by atoms with Crippen molar-refractivity contribution in [3.05, 3.63) is 41.5 Å². The molecule has 0 saturated heterocycles. The van der Waals surface area contributed by atoms with E-state index in [1.54, 1.807) is 0 Å². The summed E-state index contributed by atoms with van der Waals surface area (Å²) in [7, 11) is 0. The second-order valence-corrected chi connectivity index (χ2v) is 5.50. The van der Waals surface area contributed by atoms with Gasteiger partial charge in [-0.15, -0.1) is 11.6 Å². The van der Waals surface area contributed by atoms with Crippen LogP contribution in [0, 0.1) is 0 Å². The standard InChI is InChI=1S/C15H17ClN2O2/c1-2-5-12(16)14-17-15(20-18-14)11-8-9-19-13-7-4-3-6-10(11)13/h3-4,6-7,11-12H,2,5,8-9H2,1H3. The van der Waals surface area contributed by atoms with E-state index < -0.39 is 0 Å². The van der Waals surface area contributed by atoms with Gasteiger partial charge in [0.05, 0.1) is 17.9 Å². The Bertz CT molecular complexity index is 585. The smallest absolute Gasteiger partial charge is 0.234 e. The fraction of sp³-hybridized carbons (Fsp3) is 0.467.